The minimum Gasteiger partial charge on any atom is -0.497 e. The highest BCUT2D eigenvalue weighted by atomic mass is 32.2. The number of sulfone groups is 1. The van der Waals surface area contributed by atoms with E-state index in [1.54, 1.807) is 30.3 Å². The molecule has 176 valence electrons. The molecule has 1 N–H and O–H groups in total. The molecule has 3 rings (SSSR count). The van der Waals surface area contributed by atoms with Gasteiger partial charge in [0.25, 0.3) is 5.91 Å². The van der Waals surface area contributed by atoms with E-state index < -0.39 is 32.5 Å². The van der Waals surface area contributed by atoms with E-state index in [4.69, 9.17) is 9.47 Å². The summed E-state index contributed by atoms with van der Waals surface area (Å²) in [6.07, 6.45) is 0.706. The molecule has 2 amide bonds. The van der Waals surface area contributed by atoms with Crippen LogP contribution >= 0.6 is 0 Å². The van der Waals surface area contributed by atoms with E-state index in [9.17, 15) is 22.8 Å². The molecule has 33 heavy (non-hydrogen) atoms. The number of hydrogen-bond donors (Lipinski definition) is 1. The molecule has 1 atom stereocenters. The second-order valence-corrected chi connectivity index (χ2v) is 9.93. The Hall–Kier alpha value is -3.40. The first-order chi connectivity index (χ1) is 15.7. The van der Waals surface area contributed by atoms with Gasteiger partial charge in [-0.15, -0.1) is 0 Å². The maximum Gasteiger partial charge on any atom is 0.265 e. The van der Waals surface area contributed by atoms with Crippen LogP contribution in [-0.2, 0) is 19.4 Å². The summed E-state index contributed by atoms with van der Waals surface area (Å²) in [5.41, 5.74) is 0.964. The number of hydrogen-bond acceptors (Lipinski definition) is 7. The van der Waals surface area contributed by atoms with Gasteiger partial charge in [-0.3, -0.25) is 14.4 Å². The third kappa shape index (κ3) is 5.51. The number of Topliss-reactive ketones (excluding diaryl/α,β-unsaturated/α-hetero) is 1. The van der Waals surface area contributed by atoms with Crippen LogP contribution in [0.4, 0.5) is 11.4 Å². The van der Waals surface area contributed by atoms with Crippen molar-refractivity contribution in [1.82, 2.24) is 0 Å². The predicted molar refractivity (Wildman–Crippen MR) is 124 cm³/mol. The summed E-state index contributed by atoms with van der Waals surface area (Å²) in [6, 6.07) is 10.9. The number of benzene rings is 2. The van der Waals surface area contributed by atoms with Gasteiger partial charge >= 0.3 is 0 Å². The molecule has 10 heteroatoms. The topological polar surface area (TPSA) is 119 Å². The fraction of sp³-hybridized carbons (Fsp3) is 0.348. The largest absolute Gasteiger partial charge is 0.497 e. The number of ether oxygens (including phenoxy) is 2. The summed E-state index contributed by atoms with van der Waals surface area (Å²) in [7, 11) is -2.59. The van der Waals surface area contributed by atoms with Crippen molar-refractivity contribution in [1.29, 1.82) is 0 Å². The number of ketones is 1. The summed E-state index contributed by atoms with van der Waals surface area (Å²) in [5, 5.41) is 1.06. The number of carbonyl (C=O) groups is 3. The van der Waals surface area contributed by atoms with Gasteiger partial charge in [-0.25, -0.2) is 8.42 Å². The Balaban J connectivity index is 1.74. The van der Waals surface area contributed by atoms with Gasteiger partial charge < -0.3 is 19.7 Å². The van der Waals surface area contributed by atoms with E-state index in [1.807, 2.05) is 6.92 Å². The number of carbonyl (C=O) groups excluding carboxylic acids is 3. The summed E-state index contributed by atoms with van der Waals surface area (Å²) < 4.78 is 36.0. The smallest absolute Gasteiger partial charge is 0.265 e. The van der Waals surface area contributed by atoms with Crippen LogP contribution in [0.2, 0.25) is 0 Å². The van der Waals surface area contributed by atoms with Gasteiger partial charge in [0.15, 0.2) is 22.2 Å². The molecule has 0 aromatic heterocycles. The third-order valence-electron chi connectivity index (χ3n) is 5.25. The molecule has 0 saturated carbocycles. The molecule has 1 heterocycles. The van der Waals surface area contributed by atoms with Gasteiger partial charge in [0.05, 0.1) is 12.8 Å². The lowest BCUT2D eigenvalue weighted by molar-refractivity contribution is -0.121. The molecule has 0 saturated heterocycles. The van der Waals surface area contributed by atoms with Gasteiger partial charge in [0.1, 0.15) is 22.5 Å². The predicted octanol–water partition coefficient (Wildman–Crippen LogP) is 2.46. The Kier molecular flexibility index (Phi) is 7.37. The third-order valence-corrected chi connectivity index (χ3v) is 7.20. The van der Waals surface area contributed by atoms with Crippen LogP contribution in [0.25, 0.3) is 0 Å². The quantitative estimate of drug-likeness (QED) is 0.555. The Bertz CT molecular complexity index is 1160. The van der Waals surface area contributed by atoms with Crippen LogP contribution in [0.3, 0.4) is 0 Å². The first-order valence-corrected chi connectivity index (χ1v) is 12.1. The zero-order chi connectivity index (χ0) is 24.2. The first-order valence-electron chi connectivity index (χ1n) is 10.4. The van der Waals surface area contributed by atoms with Crippen molar-refractivity contribution in [2.45, 2.75) is 25.5 Å². The summed E-state index contributed by atoms with van der Waals surface area (Å²) >= 11 is 0. The Morgan fingerprint density at radius 1 is 1.18 bits per heavy atom. The highest BCUT2D eigenvalue weighted by molar-refractivity contribution is 7.93. The molecular formula is C23H26N2O7S. The minimum absolute atomic E-state index is 0.0889. The fourth-order valence-electron chi connectivity index (χ4n) is 3.40. The Morgan fingerprint density at radius 3 is 2.52 bits per heavy atom. The number of amides is 2. The standard InChI is InChI=1S/C23H26N2O7S/c1-4-11-25-19-12-16(5-10-20(19)32-13-22(25)27)23(28)15(2)33(29,30)14-21(26)24-17-6-8-18(31-3)9-7-17/h5-10,12,15H,4,11,13-14H2,1-3H3,(H,24,26). The Morgan fingerprint density at radius 2 is 1.88 bits per heavy atom. The van der Waals surface area contributed by atoms with E-state index in [2.05, 4.69) is 5.32 Å². The van der Waals surface area contributed by atoms with Crippen molar-refractivity contribution >= 4 is 38.8 Å². The van der Waals surface area contributed by atoms with Gasteiger partial charge in [-0.05, 0) is 55.8 Å². The van der Waals surface area contributed by atoms with Crippen molar-refractivity contribution in [3.8, 4) is 11.5 Å². The molecule has 0 radical (unpaired) electrons. The fourth-order valence-corrected chi connectivity index (χ4v) is 4.55. The average Bonchev–Trinajstić information content (AvgIpc) is 2.79. The van der Waals surface area contributed by atoms with Gasteiger partial charge in [0, 0.05) is 17.8 Å². The molecule has 1 unspecified atom stereocenters. The highest BCUT2D eigenvalue weighted by Gasteiger charge is 2.33. The minimum atomic E-state index is -4.09. The van der Waals surface area contributed by atoms with Crippen LogP contribution < -0.4 is 19.7 Å². The van der Waals surface area contributed by atoms with Crippen LogP contribution in [0.15, 0.2) is 42.5 Å². The zero-order valence-corrected chi connectivity index (χ0v) is 19.5. The number of nitrogens with zero attached hydrogens (tertiary/aromatic N) is 1. The van der Waals surface area contributed by atoms with E-state index in [0.717, 1.165) is 0 Å². The molecular weight excluding hydrogens is 448 g/mol. The van der Waals surface area contributed by atoms with Crippen LogP contribution in [0.1, 0.15) is 30.6 Å². The lowest BCUT2D eigenvalue weighted by atomic mass is 10.1. The van der Waals surface area contributed by atoms with Crippen molar-refractivity contribution in [3.05, 3.63) is 48.0 Å². The molecule has 1 aliphatic heterocycles. The SMILES string of the molecule is CCCN1C(=O)COc2ccc(C(=O)C(C)S(=O)(=O)CC(=O)Nc3ccc(OC)cc3)cc21. The first kappa shape index (κ1) is 24.2. The lowest BCUT2D eigenvalue weighted by Crippen LogP contribution is -2.39. The number of anilines is 2. The van der Waals surface area contributed by atoms with Gasteiger partial charge in [-0.2, -0.15) is 0 Å². The molecule has 0 fully saturated rings. The molecule has 0 aliphatic carbocycles. The highest BCUT2D eigenvalue weighted by Crippen LogP contribution is 2.33. The van der Waals surface area contributed by atoms with Gasteiger partial charge in [0.2, 0.25) is 5.91 Å². The molecule has 2 aromatic carbocycles. The molecule has 0 bridgehead atoms. The van der Waals surface area contributed by atoms with Crippen LogP contribution in [-0.4, -0.2) is 57.3 Å². The van der Waals surface area contributed by atoms with E-state index in [-0.39, 0.29) is 18.1 Å². The van der Waals surface area contributed by atoms with E-state index in [1.165, 1.54) is 31.1 Å². The van der Waals surface area contributed by atoms with Crippen molar-refractivity contribution < 1.29 is 32.3 Å². The van der Waals surface area contributed by atoms with E-state index in [0.29, 0.717) is 35.8 Å². The number of fused-ring (bicyclic) bond motifs is 1. The van der Waals surface area contributed by atoms with Crippen molar-refractivity contribution in [2.24, 2.45) is 0 Å². The van der Waals surface area contributed by atoms with Crippen LogP contribution in [0.5, 0.6) is 11.5 Å². The maximum absolute atomic E-state index is 13.0. The van der Waals surface area contributed by atoms with Gasteiger partial charge in [-0.1, -0.05) is 6.92 Å². The van der Waals surface area contributed by atoms with Crippen molar-refractivity contribution in [3.63, 3.8) is 0 Å². The lowest BCUT2D eigenvalue weighted by Gasteiger charge is -2.29. The number of methoxy groups -OCH3 is 1. The normalized spacial score (nSPS) is 14.2. The summed E-state index contributed by atoms with van der Waals surface area (Å²) in [4.78, 5) is 39.0. The number of rotatable bonds is 9. The molecule has 1 aliphatic rings. The summed E-state index contributed by atoms with van der Waals surface area (Å²) in [6.45, 7) is 3.53. The number of nitrogens with one attached hydrogen (secondary N) is 1. The maximum atomic E-state index is 13.0. The van der Waals surface area contributed by atoms with Crippen LogP contribution in [0, 0.1) is 0 Å². The monoisotopic (exact) mass is 474 g/mol. The second-order valence-electron chi connectivity index (χ2n) is 7.61. The summed E-state index contributed by atoms with van der Waals surface area (Å²) in [5.74, 6) is -1.45. The Labute approximate surface area is 192 Å². The molecule has 9 nitrogen and oxygen atoms in total. The average molecular weight is 475 g/mol. The molecule has 2 aromatic rings. The van der Waals surface area contributed by atoms with E-state index >= 15 is 0 Å². The molecule has 0 spiro atoms. The zero-order valence-electron chi connectivity index (χ0n) is 18.7. The second kappa shape index (κ2) is 10.0. The van der Waals surface area contributed by atoms with Crippen molar-refractivity contribution in [2.75, 3.05) is 36.2 Å².